The molecule has 0 bridgehead atoms. The summed E-state index contributed by atoms with van der Waals surface area (Å²) >= 11 is 0. The van der Waals surface area contributed by atoms with Crippen LogP contribution in [0.15, 0.2) is 29.1 Å². The highest BCUT2D eigenvalue weighted by atomic mass is 19.3. The topological polar surface area (TPSA) is 94.1 Å². The summed E-state index contributed by atoms with van der Waals surface area (Å²) < 4.78 is 30.1. The highest BCUT2D eigenvalue weighted by Gasteiger charge is 2.18. The largest absolute Gasteiger partial charge is 0.377 e. The van der Waals surface area contributed by atoms with E-state index in [-0.39, 0.29) is 17.9 Å². The van der Waals surface area contributed by atoms with Crippen molar-refractivity contribution in [2.24, 2.45) is 0 Å². The summed E-state index contributed by atoms with van der Waals surface area (Å²) in [5, 5.41) is 16.7. The first-order chi connectivity index (χ1) is 9.08. The lowest BCUT2D eigenvalue weighted by atomic mass is 10.1. The highest BCUT2D eigenvalue weighted by molar-refractivity contribution is 5.56. The smallest absolute Gasteiger partial charge is 0.270 e. The molecule has 0 atom stereocenters. The van der Waals surface area contributed by atoms with Crippen LogP contribution in [0.25, 0.3) is 0 Å². The Labute approximate surface area is 105 Å². The molecule has 1 N–H and O–H groups in total. The standard InChI is InChI=1S/C10H8F2N4O3/c11-10(12)7-3-6(16(17)18)1-2-8(7)13-4-9-14-5-19-15-9/h1-3,5,10,13H,4H2. The molecule has 0 fully saturated rings. The van der Waals surface area contributed by atoms with Gasteiger partial charge in [-0.15, -0.1) is 0 Å². The number of nitrogens with one attached hydrogen (secondary N) is 1. The minimum Gasteiger partial charge on any atom is -0.377 e. The van der Waals surface area contributed by atoms with Crippen LogP contribution in [0.1, 0.15) is 17.8 Å². The average molecular weight is 270 g/mol. The number of benzene rings is 1. The summed E-state index contributed by atoms with van der Waals surface area (Å²) in [4.78, 5) is 13.5. The Bertz CT molecular complexity index is 574. The van der Waals surface area contributed by atoms with Crippen molar-refractivity contribution in [3.8, 4) is 0 Å². The van der Waals surface area contributed by atoms with Crippen molar-refractivity contribution >= 4 is 11.4 Å². The quantitative estimate of drug-likeness (QED) is 0.662. The molecule has 0 radical (unpaired) electrons. The molecule has 7 nitrogen and oxygen atoms in total. The maximum Gasteiger partial charge on any atom is 0.270 e. The van der Waals surface area contributed by atoms with Crippen molar-refractivity contribution in [3.05, 3.63) is 46.1 Å². The van der Waals surface area contributed by atoms with Crippen LogP contribution in [-0.2, 0) is 6.54 Å². The van der Waals surface area contributed by atoms with Gasteiger partial charge in [0.05, 0.1) is 11.5 Å². The third kappa shape index (κ3) is 3.00. The van der Waals surface area contributed by atoms with E-state index in [0.717, 1.165) is 18.5 Å². The summed E-state index contributed by atoms with van der Waals surface area (Å²) in [7, 11) is 0. The number of nitro groups is 1. The van der Waals surface area contributed by atoms with Crippen LogP contribution >= 0.6 is 0 Å². The summed E-state index contributed by atoms with van der Waals surface area (Å²) in [5.74, 6) is 0.290. The fourth-order valence-electron chi connectivity index (χ4n) is 1.45. The van der Waals surface area contributed by atoms with E-state index in [4.69, 9.17) is 0 Å². The molecular weight excluding hydrogens is 262 g/mol. The Hall–Kier alpha value is -2.58. The Morgan fingerprint density at radius 1 is 1.47 bits per heavy atom. The van der Waals surface area contributed by atoms with Gasteiger partial charge in [-0.3, -0.25) is 10.1 Å². The van der Waals surface area contributed by atoms with Gasteiger partial charge in [0.1, 0.15) is 0 Å². The number of non-ortho nitro benzene ring substituents is 1. The summed E-state index contributed by atoms with van der Waals surface area (Å²) in [6, 6.07) is 3.20. The number of aromatic nitrogens is 2. The summed E-state index contributed by atoms with van der Waals surface area (Å²) in [6.45, 7) is 0.0774. The Morgan fingerprint density at radius 2 is 2.26 bits per heavy atom. The molecule has 0 aliphatic heterocycles. The molecule has 0 saturated carbocycles. The second-order valence-electron chi connectivity index (χ2n) is 3.53. The third-order valence-electron chi connectivity index (χ3n) is 2.32. The SMILES string of the molecule is O=[N+]([O-])c1ccc(NCc2ncon2)c(C(F)F)c1. The van der Waals surface area contributed by atoms with E-state index in [1.165, 1.54) is 6.07 Å². The number of hydrogen-bond acceptors (Lipinski definition) is 6. The van der Waals surface area contributed by atoms with Gasteiger partial charge >= 0.3 is 0 Å². The number of nitro benzene ring substituents is 1. The van der Waals surface area contributed by atoms with Crippen LogP contribution in [0, 0.1) is 10.1 Å². The maximum atomic E-state index is 12.8. The van der Waals surface area contributed by atoms with Crippen molar-refractivity contribution in [3.63, 3.8) is 0 Å². The van der Waals surface area contributed by atoms with Crippen molar-refractivity contribution in [1.29, 1.82) is 0 Å². The zero-order valence-corrected chi connectivity index (χ0v) is 9.42. The monoisotopic (exact) mass is 270 g/mol. The van der Waals surface area contributed by atoms with Crippen molar-refractivity contribution in [2.75, 3.05) is 5.32 Å². The molecule has 1 aromatic heterocycles. The predicted octanol–water partition coefficient (Wildman–Crippen LogP) is 2.53. The van der Waals surface area contributed by atoms with E-state index in [1.54, 1.807) is 0 Å². The molecular formula is C10H8F2N4O3. The normalized spacial score (nSPS) is 10.7. The van der Waals surface area contributed by atoms with Crippen molar-refractivity contribution < 1.29 is 18.2 Å². The second-order valence-corrected chi connectivity index (χ2v) is 3.53. The lowest BCUT2D eigenvalue weighted by molar-refractivity contribution is -0.385. The summed E-state index contributed by atoms with van der Waals surface area (Å²) in [5.41, 5.74) is -0.747. The number of anilines is 1. The molecule has 0 aliphatic carbocycles. The zero-order valence-electron chi connectivity index (χ0n) is 9.42. The number of rotatable bonds is 5. The van der Waals surface area contributed by atoms with E-state index in [1.807, 2.05) is 0 Å². The fourth-order valence-corrected chi connectivity index (χ4v) is 1.45. The van der Waals surface area contributed by atoms with Crippen LogP contribution in [0.3, 0.4) is 0 Å². The average Bonchev–Trinajstić information content (AvgIpc) is 2.89. The number of nitrogens with zero attached hydrogens (tertiary/aromatic N) is 3. The van der Waals surface area contributed by atoms with Gasteiger partial charge in [-0.1, -0.05) is 5.16 Å². The molecule has 1 heterocycles. The molecule has 2 rings (SSSR count). The minimum atomic E-state index is -2.83. The first-order valence-electron chi connectivity index (χ1n) is 5.13. The number of hydrogen-bond donors (Lipinski definition) is 1. The lowest BCUT2D eigenvalue weighted by Gasteiger charge is -2.09. The first kappa shape index (κ1) is 12.9. The molecule has 19 heavy (non-hydrogen) atoms. The van der Waals surface area contributed by atoms with Crippen LogP contribution in [0.4, 0.5) is 20.2 Å². The molecule has 0 unspecified atom stereocenters. The van der Waals surface area contributed by atoms with E-state index < -0.39 is 16.9 Å². The van der Waals surface area contributed by atoms with Gasteiger partial charge in [0.2, 0.25) is 6.39 Å². The van der Waals surface area contributed by atoms with Gasteiger partial charge in [-0.2, -0.15) is 4.98 Å². The zero-order chi connectivity index (χ0) is 13.8. The molecule has 9 heteroatoms. The van der Waals surface area contributed by atoms with Gasteiger partial charge in [0.15, 0.2) is 5.82 Å². The fraction of sp³-hybridized carbons (Fsp3) is 0.200. The van der Waals surface area contributed by atoms with Crippen molar-refractivity contribution in [1.82, 2.24) is 10.1 Å². The molecule has 0 spiro atoms. The first-order valence-corrected chi connectivity index (χ1v) is 5.13. The van der Waals surface area contributed by atoms with Gasteiger partial charge in [0.25, 0.3) is 12.1 Å². The van der Waals surface area contributed by atoms with Gasteiger partial charge in [-0.05, 0) is 6.07 Å². The lowest BCUT2D eigenvalue weighted by Crippen LogP contribution is -2.04. The van der Waals surface area contributed by atoms with Crippen LogP contribution < -0.4 is 5.32 Å². The van der Waals surface area contributed by atoms with E-state index in [9.17, 15) is 18.9 Å². The predicted molar refractivity (Wildman–Crippen MR) is 59.7 cm³/mol. The molecule has 0 amide bonds. The van der Waals surface area contributed by atoms with Crippen LogP contribution in [0.5, 0.6) is 0 Å². The minimum absolute atomic E-state index is 0.0774. The maximum absolute atomic E-state index is 12.8. The molecule has 1 aromatic carbocycles. The Balaban J connectivity index is 2.21. The summed E-state index contributed by atoms with van der Waals surface area (Å²) in [6.07, 6.45) is -1.71. The molecule has 2 aromatic rings. The van der Waals surface area contributed by atoms with E-state index >= 15 is 0 Å². The second kappa shape index (κ2) is 5.38. The molecule has 0 saturated heterocycles. The van der Waals surface area contributed by atoms with E-state index in [0.29, 0.717) is 5.82 Å². The Kier molecular flexibility index (Phi) is 3.64. The van der Waals surface area contributed by atoms with Gasteiger partial charge in [0, 0.05) is 23.4 Å². The van der Waals surface area contributed by atoms with Crippen LogP contribution in [-0.4, -0.2) is 15.1 Å². The molecule has 100 valence electrons. The Morgan fingerprint density at radius 3 is 2.84 bits per heavy atom. The number of alkyl halides is 2. The molecule has 0 aliphatic rings. The number of halogens is 2. The van der Waals surface area contributed by atoms with Crippen molar-refractivity contribution in [2.45, 2.75) is 13.0 Å². The van der Waals surface area contributed by atoms with Gasteiger partial charge < -0.3 is 9.84 Å². The van der Waals surface area contributed by atoms with Crippen LogP contribution in [0.2, 0.25) is 0 Å². The van der Waals surface area contributed by atoms with Gasteiger partial charge in [-0.25, -0.2) is 8.78 Å². The van der Waals surface area contributed by atoms with E-state index in [2.05, 4.69) is 20.0 Å². The highest BCUT2D eigenvalue weighted by Crippen LogP contribution is 2.30. The third-order valence-corrected chi connectivity index (χ3v) is 2.32.